The molecule has 0 amide bonds. The normalized spacial score (nSPS) is 26.1. The summed E-state index contributed by atoms with van der Waals surface area (Å²) >= 11 is 0. The fraction of sp³-hybridized carbons (Fsp3) is 0.462. The van der Waals surface area contributed by atoms with E-state index in [1.165, 1.54) is 6.42 Å². The van der Waals surface area contributed by atoms with Crippen molar-refractivity contribution in [2.75, 3.05) is 0 Å². The molecule has 1 saturated carbocycles. The highest BCUT2D eigenvalue weighted by molar-refractivity contribution is 5.72. The van der Waals surface area contributed by atoms with E-state index in [-0.39, 0.29) is 0 Å². The van der Waals surface area contributed by atoms with Gasteiger partial charge in [-0.1, -0.05) is 18.6 Å². The molecule has 0 aliphatic heterocycles. The molecule has 2 atom stereocenters. The molecular formula is C13H16N2O. The number of para-hydroxylation sites is 2. The van der Waals surface area contributed by atoms with E-state index in [4.69, 9.17) is 10.2 Å². The summed E-state index contributed by atoms with van der Waals surface area (Å²) in [6.45, 7) is 0. The van der Waals surface area contributed by atoms with Crippen molar-refractivity contribution in [3.05, 3.63) is 30.2 Å². The molecule has 1 aliphatic rings. The van der Waals surface area contributed by atoms with Crippen molar-refractivity contribution in [2.24, 2.45) is 5.73 Å². The summed E-state index contributed by atoms with van der Waals surface area (Å²) in [5.74, 6) is 1.28. The summed E-state index contributed by atoms with van der Waals surface area (Å²) in [7, 11) is 0. The predicted octanol–water partition coefficient (Wildman–Crippen LogP) is 2.81. The first-order chi connectivity index (χ1) is 7.83. The first kappa shape index (κ1) is 9.85. The van der Waals surface area contributed by atoms with Gasteiger partial charge in [-0.3, -0.25) is 0 Å². The van der Waals surface area contributed by atoms with Crippen LogP contribution in [-0.2, 0) is 0 Å². The summed E-state index contributed by atoms with van der Waals surface area (Å²) in [4.78, 5) is 4.55. The minimum Gasteiger partial charge on any atom is -0.440 e. The number of rotatable bonds is 1. The molecule has 84 valence electrons. The van der Waals surface area contributed by atoms with Crippen molar-refractivity contribution in [3.63, 3.8) is 0 Å². The molecule has 3 heteroatoms. The SMILES string of the molecule is NC1CCCC(c2nc3ccccc3o2)C1. The lowest BCUT2D eigenvalue weighted by atomic mass is 9.86. The Labute approximate surface area is 94.7 Å². The van der Waals surface area contributed by atoms with Gasteiger partial charge < -0.3 is 10.2 Å². The second-order valence-electron chi connectivity index (χ2n) is 4.64. The van der Waals surface area contributed by atoms with E-state index in [1.807, 2.05) is 24.3 Å². The van der Waals surface area contributed by atoms with Crippen molar-refractivity contribution in [1.29, 1.82) is 0 Å². The third-order valence-electron chi connectivity index (χ3n) is 3.37. The highest BCUT2D eigenvalue weighted by Gasteiger charge is 2.24. The largest absolute Gasteiger partial charge is 0.440 e. The van der Waals surface area contributed by atoms with Crippen molar-refractivity contribution in [2.45, 2.75) is 37.6 Å². The van der Waals surface area contributed by atoms with Gasteiger partial charge in [0.2, 0.25) is 0 Å². The smallest absolute Gasteiger partial charge is 0.198 e. The Hall–Kier alpha value is -1.35. The van der Waals surface area contributed by atoms with Crippen LogP contribution < -0.4 is 5.73 Å². The lowest BCUT2D eigenvalue weighted by Crippen LogP contribution is -2.26. The van der Waals surface area contributed by atoms with Gasteiger partial charge in [0.1, 0.15) is 5.52 Å². The topological polar surface area (TPSA) is 52.0 Å². The second-order valence-corrected chi connectivity index (χ2v) is 4.64. The van der Waals surface area contributed by atoms with E-state index in [1.54, 1.807) is 0 Å². The van der Waals surface area contributed by atoms with Gasteiger partial charge in [-0.2, -0.15) is 0 Å². The number of benzene rings is 1. The van der Waals surface area contributed by atoms with Gasteiger partial charge in [0.15, 0.2) is 11.5 Å². The van der Waals surface area contributed by atoms with Gasteiger partial charge in [-0.15, -0.1) is 0 Å². The maximum Gasteiger partial charge on any atom is 0.198 e. The van der Waals surface area contributed by atoms with E-state index >= 15 is 0 Å². The zero-order valence-corrected chi connectivity index (χ0v) is 9.23. The fourth-order valence-electron chi connectivity index (χ4n) is 2.52. The summed E-state index contributed by atoms with van der Waals surface area (Å²) < 4.78 is 5.79. The molecule has 2 unspecified atom stereocenters. The molecule has 1 aliphatic carbocycles. The molecule has 0 spiro atoms. The average molecular weight is 216 g/mol. The minimum atomic E-state index is 0.314. The van der Waals surface area contributed by atoms with Crippen LogP contribution in [0.2, 0.25) is 0 Å². The number of oxazole rings is 1. The van der Waals surface area contributed by atoms with Crippen molar-refractivity contribution < 1.29 is 4.42 Å². The maximum atomic E-state index is 5.99. The summed E-state index contributed by atoms with van der Waals surface area (Å²) in [5, 5.41) is 0. The Bertz CT molecular complexity index is 458. The van der Waals surface area contributed by atoms with E-state index < -0.39 is 0 Å². The molecule has 0 saturated heterocycles. The second kappa shape index (κ2) is 3.91. The van der Waals surface area contributed by atoms with Crippen LogP contribution in [0.1, 0.15) is 37.5 Å². The summed E-state index contributed by atoms with van der Waals surface area (Å²) in [5.41, 5.74) is 7.83. The van der Waals surface area contributed by atoms with E-state index in [2.05, 4.69) is 4.98 Å². The van der Waals surface area contributed by atoms with Crippen LogP contribution in [0.5, 0.6) is 0 Å². The van der Waals surface area contributed by atoms with Crippen LogP contribution >= 0.6 is 0 Å². The summed E-state index contributed by atoms with van der Waals surface area (Å²) in [6.07, 6.45) is 4.48. The Morgan fingerprint density at radius 2 is 2.12 bits per heavy atom. The minimum absolute atomic E-state index is 0.314. The number of aromatic nitrogens is 1. The Kier molecular flexibility index (Phi) is 2.40. The number of fused-ring (bicyclic) bond motifs is 1. The Morgan fingerprint density at radius 3 is 2.94 bits per heavy atom. The molecule has 1 aromatic carbocycles. The molecular weight excluding hydrogens is 200 g/mol. The summed E-state index contributed by atoms with van der Waals surface area (Å²) in [6, 6.07) is 8.24. The van der Waals surface area contributed by atoms with Crippen LogP contribution in [0.15, 0.2) is 28.7 Å². The lowest BCUT2D eigenvalue weighted by molar-refractivity contribution is 0.343. The highest BCUT2D eigenvalue weighted by Crippen LogP contribution is 2.33. The van der Waals surface area contributed by atoms with Gasteiger partial charge in [0.25, 0.3) is 0 Å². The number of hydrogen-bond donors (Lipinski definition) is 1. The van der Waals surface area contributed by atoms with Crippen molar-refractivity contribution in [3.8, 4) is 0 Å². The first-order valence-electron chi connectivity index (χ1n) is 5.94. The standard InChI is InChI=1S/C13H16N2O/c14-10-5-3-4-9(8-10)13-15-11-6-1-2-7-12(11)16-13/h1-2,6-7,9-10H,3-5,8,14H2. The zero-order chi connectivity index (χ0) is 11.0. The molecule has 2 aromatic rings. The maximum absolute atomic E-state index is 5.99. The molecule has 16 heavy (non-hydrogen) atoms. The van der Waals surface area contributed by atoms with Crippen LogP contribution in [-0.4, -0.2) is 11.0 Å². The molecule has 3 nitrogen and oxygen atoms in total. The Morgan fingerprint density at radius 1 is 1.25 bits per heavy atom. The highest BCUT2D eigenvalue weighted by atomic mass is 16.3. The van der Waals surface area contributed by atoms with Gasteiger partial charge in [-0.05, 0) is 31.4 Å². The quantitative estimate of drug-likeness (QED) is 0.797. The fourth-order valence-corrected chi connectivity index (χ4v) is 2.52. The van der Waals surface area contributed by atoms with Gasteiger partial charge in [0.05, 0.1) is 0 Å². The lowest BCUT2D eigenvalue weighted by Gasteiger charge is -2.23. The van der Waals surface area contributed by atoms with Crippen LogP contribution in [0.25, 0.3) is 11.1 Å². The van der Waals surface area contributed by atoms with Gasteiger partial charge >= 0.3 is 0 Å². The van der Waals surface area contributed by atoms with Gasteiger partial charge in [0, 0.05) is 12.0 Å². The van der Waals surface area contributed by atoms with E-state index in [0.717, 1.165) is 36.3 Å². The third kappa shape index (κ3) is 1.71. The molecule has 1 aromatic heterocycles. The van der Waals surface area contributed by atoms with E-state index in [9.17, 15) is 0 Å². The monoisotopic (exact) mass is 216 g/mol. The molecule has 0 radical (unpaired) electrons. The average Bonchev–Trinajstić information content (AvgIpc) is 2.72. The first-order valence-corrected chi connectivity index (χ1v) is 5.94. The van der Waals surface area contributed by atoms with Crippen LogP contribution in [0, 0.1) is 0 Å². The molecule has 3 rings (SSSR count). The number of nitrogens with zero attached hydrogens (tertiary/aromatic N) is 1. The molecule has 1 heterocycles. The van der Waals surface area contributed by atoms with Crippen LogP contribution in [0.3, 0.4) is 0 Å². The number of hydrogen-bond acceptors (Lipinski definition) is 3. The molecule has 0 bridgehead atoms. The van der Waals surface area contributed by atoms with Crippen molar-refractivity contribution in [1.82, 2.24) is 4.98 Å². The van der Waals surface area contributed by atoms with Crippen molar-refractivity contribution >= 4 is 11.1 Å². The van der Waals surface area contributed by atoms with Crippen LogP contribution in [0.4, 0.5) is 0 Å². The molecule has 1 fully saturated rings. The predicted molar refractivity (Wildman–Crippen MR) is 63.2 cm³/mol. The van der Waals surface area contributed by atoms with E-state index in [0.29, 0.717) is 12.0 Å². The Balaban J connectivity index is 1.93. The third-order valence-corrected chi connectivity index (χ3v) is 3.37. The van der Waals surface area contributed by atoms with Gasteiger partial charge in [-0.25, -0.2) is 4.98 Å². The molecule has 2 N–H and O–H groups in total. The number of nitrogens with two attached hydrogens (primary N) is 1. The zero-order valence-electron chi connectivity index (χ0n) is 9.23.